The molecule has 0 heterocycles. The average molecular weight is 334 g/mol. The number of carbonyl (C=O) groups is 1. The van der Waals surface area contributed by atoms with E-state index in [1.165, 1.54) is 12.1 Å². The average Bonchev–Trinajstić information content (AvgIpc) is 2.53. The van der Waals surface area contributed by atoms with Gasteiger partial charge in [0.25, 0.3) is 11.6 Å². The molecule has 2 rings (SSSR count). The molecule has 7 heteroatoms. The number of halogens is 1. The van der Waals surface area contributed by atoms with E-state index >= 15 is 0 Å². The lowest BCUT2D eigenvalue weighted by Crippen LogP contribution is -2.28. The second kappa shape index (κ2) is 7.60. The van der Waals surface area contributed by atoms with Crippen molar-refractivity contribution in [2.24, 2.45) is 0 Å². The van der Waals surface area contributed by atoms with Crippen LogP contribution in [0.4, 0.5) is 11.4 Å². The number of hydrogen-bond donors (Lipinski definition) is 2. The van der Waals surface area contributed by atoms with Gasteiger partial charge in [-0.15, -0.1) is 0 Å². The van der Waals surface area contributed by atoms with E-state index in [1.54, 1.807) is 31.2 Å². The summed E-state index contributed by atoms with van der Waals surface area (Å²) in [5.41, 5.74) is 1.86. The van der Waals surface area contributed by atoms with Crippen LogP contribution >= 0.6 is 11.6 Å². The number of non-ortho nitro benzene ring substituents is 1. The summed E-state index contributed by atoms with van der Waals surface area (Å²) < 4.78 is 0. The highest BCUT2D eigenvalue weighted by Crippen LogP contribution is 2.30. The van der Waals surface area contributed by atoms with Gasteiger partial charge in [0.15, 0.2) is 0 Å². The Bertz CT molecular complexity index is 697. The molecular weight excluding hydrogens is 318 g/mol. The maximum atomic E-state index is 11.9. The van der Waals surface area contributed by atoms with Crippen molar-refractivity contribution in [1.29, 1.82) is 0 Å². The van der Waals surface area contributed by atoms with Crippen molar-refractivity contribution in [2.75, 3.05) is 18.4 Å². The fourth-order valence-corrected chi connectivity index (χ4v) is 2.44. The zero-order valence-corrected chi connectivity index (χ0v) is 13.3. The van der Waals surface area contributed by atoms with E-state index in [0.29, 0.717) is 29.9 Å². The minimum atomic E-state index is -0.483. The van der Waals surface area contributed by atoms with Crippen LogP contribution in [0.1, 0.15) is 15.9 Å². The third-order valence-electron chi connectivity index (χ3n) is 3.23. The van der Waals surface area contributed by atoms with Crippen molar-refractivity contribution in [1.82, 2.24) is 5.32 Å². The van der Waals surface area contributed by atoms with Crippen molar-refractivity contribution in [3.05, 3.63) is 68.7 Å². The van der Waals surface area contributed by atoms with Crippen LogP contribution in [0, 0.1) is 17.0 Å². The smallest absolute Gasteiger partial charge is 0.271 e. The Morgan fingerprint density at radius 2 is 1.91 bits per heavy atom. The van der Waals surface area contributed by atoms with E-state index in [9.17, 15) is 14.9 Å². The van der Waals surface area contributed by atoms with E-state index in [2.05, 4.69) is 10.6 Å². The predicted molar refractivity (Wildman–Crippen MR) is 90.1 cm³/mol. The van der Waals surface area contributed by atoms with E-state index in [0.717, 1.165) is 0 Å². The molecule has 6 nitrogen and oxygen atoms in total. The summed E-state index contributed by atoms with van der Waals surface area (Å²) in [6.45, 7) is 2.60. The molecule has 0 aliphatic carbocycles. The number of rotatable bonds is 6. The highest BCUT2D eigenvalue weighted by molar-refractivity contribution is 6.33. The molecule has 0 radical (unpaired) electrons. The third kappa shape index (κ3) is 4.43. The molecule has 0 aliphatic rings. The summed E-state index contributed by atoms with van der Waals surface area (Å²) in [5, 5.41) is 16.9. The number of nitro groups is 1. The molecule has 0 spiro atoms. The first-order chi connectivity index (χ1) is 11.0. The first kappa shape index (κ1) is 16.8. The lowest BCUT2D eigenvalue weighted by molar-refractivity contribution is -0.384. The molecule has 0 saturated carbocycles. The molecule has 0 unspecified atom stereocenters. The molecule has 0 fully saturated rings. The van der Waals surface area contributed by atoms with Gasteiger partial charge < -0.3 is 10.6 Å². The lowest BCUT2D eigenvalue weighted by atomic mass is 10.1. The fourth-order valence-electron chi connectivity index (χ4n) is 2.11. The number of nitrogens with zero attached hydrogens (tertiary/aromatic N) is 1. The van der Waals surface area contributed by atoms with Crippen LogP contribution in [-0.4, -0.2) is 23.9 Å². The molecule has 2 aromatic rings. The van der Waals surface area contributed by atoms with Crippen LogP contribution in [-0.2, 0) is 0 Å². The molecule has 0 aliphatic heterocycles. The van der Waals surface area contributed by atoms with Crippen LogP contribution in [0.5, 0.6) is 0 Å². The summed E-state index contributed by atoms with van der Waals surface area (Å²) in [6.07, 6.45) is 0. The molecule has 0 saturated heterocycles. The molecule has 2 N–H and O–H groups in total. The van der Waals surface area contributed by atoms with Crippen molar-refractivity contribution < 1.29 is 9.72 Å². The fraction of sp³-hybridized carbons (Fsp3) is 0.188. The second-order valence-electron chi connectivity index (χ2n) is 4.93. The van der Waals surface area contributed by atoms with Gasteiger partial charge in [0.1, 0.15) is 0 Å². The van der Waals surface area contributed by atoms with Gasteiger partial charge in [-0.25, -0.2) is 0 Å². The van der Waals surface area contributed by atoms with Gasteiger partial charge in [0.2, 0.25) is 0 Å². The first-order valence-electron chi connectivity index (χ1n) is 7.00. The minimum absolute atomic E-state index is 0.0459. The normalized spacial score (nSPS) is 10.2. The monoisotopic (exact) mass is 333 g/mol. The number of hydrogen-bond acceptors (Lipinski definition) is 4. The van der Waals surface area contributed by atoms with Gasteiger partial charge in [0, 0.05) is 30.8 Å². The third-order valence-corrected chi connectivity index (χ3v) is 3.53. The Morgan fingerprint density at radius 1 is 1.22 bits per heavy atom. The van der Waals surface area contributed by atoms with Crippen LogP contribution < -0.4 is 10.6 Å². The first-order valence-corrected chi connectivity index (χ1v) is 7.38. The quantitative estimate of drug-likeness (QED) is 0.482. The van der Waals surface area contributed by atoms with Gasteiger partial charge in [-0.1, -0.05) is 29.8 Å². The Kier molecular flexibility index (Phi) is 5.54. The lowest BCUT2D eigenvalue weighted by Gasteiger charge is -2.12. The van der Waals surface area contributed by atoms with Gasteiger partial charge in [-0.05, 0) is 24.6 Å². The molecular formula is C16H16ClN3O3. The highest BCUT2D eigenvalue weighted by atomic mass is 35.5. The number of anilines is 1. The molecule has 0 aromatic heterocycles. The minimum Gasteiger partial charge on any atom is -0.382 e. The van der Waals surface area contributed by atoms with Gasteiger partial charge >= 0.3 is 0 Å². The number of nitrogens with one attached hydrogen (secondary N) is 2. The van der Waals surface area contributed by atoms with Crippen LogP contribution in [0.2, 0.25) is 5.02 Å². The summed E-state index contributed by atoms with van der Waals surface area (Å²) >= 11 is 6.06. The van der Waals surface area contributed by atoms with E-state index < -0.39 is 4.92 Å². The Balaban J connectivity index is 1.90. The summed E-state index contributed by atoms with van der Waals surface area (Å²) in [4.78, 5) is 22.2. The maximum absolute atomic E-state index is 11.9. The van der Waals surface area contributed by atoms with Gasteiger partial charge in [0.05, 0.1) is 15.6 Å². The topological polar surface area (TPSA) is 84.3 Å². The summed E-state index contributed by atoms with van der Waals surface area (Å²) in [7, 11) is 0. The van der Waals surface area contributed by atoms with Gasteiger partial charge in [-0.2, -0.15) is 0 Å². The highest BCUT2D eigenvalue weighted by Gasteiger charge is 2.13. The predicted octanol–water partition coefficient (Wildman–Crippen LogP) is 3.40. The molecule has 2 aromatic carbocycles. The van der Waals surface area contributed by atoms with Crippen LogP contribution in [0.3, 0.4) is 0 Å². The van der Waals surface area contributed by atoms with Gasteiger partial charge in [-0.3, -0.25) is 14.9 Å². The second-order valence-corrected chi connectivity index (χ2v) is 5.33. The summed E-state index contributed by atoms with van der Waals surface area (Å²) in [5.74, 6) is -0.154. The maximum Gasteiger partial charge on any atom is 0.271 e. The van der Waals surface area contributed by atoms with E-state index in [4.69, 9.17) is 11.6 Å². The van der Waals surface area contributed by atoms with E-state index in [-0.39, 0.29) is 16.6 Å². The zero-order chi connectivity index (χ0) is 16.8. The zero-order valence-electron chi connectivity index (χ0n) is 12.5. The van der Waals surface area contributed by atoms with Crippen molar-refractivity contribution in [2.45, 2.75) is 6.92 Å². The standard InChI is InChI=1S/C16H16ClN3O3/c1-11-9-13(20(22)23)10-14(17)15(11)18-7-8-19-16(21)12-5-3-2-4-6-12/h2-6,9-10,18H,7-8H2,1H3,(H,19,21). The van der Waals surface area contributed by atoms with Crippen molar-refractivity contribution in [3.63, 3.8) is 0 Å². The Morgan fingerprint density at radius 3 is 2.52 bits per heavy atom. The van der Waals surface area contributed by atoms with Crippen LogP contribution in [0.15, 0.2) is 42.5 Å². The van der Waals surface area contributed by atoms with Crippen molar-refractivity contribution >= 4 is 28.9 Å². The SMILES string of the molecule is Cc1cc([N+](=O)[O-])cc(Cl)c1NCCNC(=O)c1ccccc1. The number of carbonyl (C=O) groups excluding carboxylic acids is 1. The number of benzene rings is 2. The van der Waals surface area contributed by atoms with E-state index in [1.807, 2.05) is 6.07 Å². The molecule has 1 amide bonds. The summed E-state index contributed by atoms with van der Waals surface area (Å²) in [6, 6.07) is 11.7. The molecule has 120 valence electrons. The molecule has 0 bridgehead atoms. The van der Waals surface area contributed by atoms with Crippen LogP contribution in [0.25, 0.3) is 0 Å². The Labute approximate surface area is 138 Å². The van der Waals surface area contributed by atoms with Crippen molar-refractivity contribution in [3.8, 4) is 0 Å². The number of amides is 1. The number of aryl methyl sites for hydroxylation is 1. The molecule has 0 atom stereocenters. The largest absolute Gasteiger partial charge is 0.382 e. The Hall–Kier alpha value is -2.60. The number of nitro benzene ring substituents is 1. The molecule has 23 heavy (non-hydrogen) atoms.